The first-order valence-electron chi connectivity index (χ1n) is 10.4. The topological polar surface area (TPSA) is 73.3 Å². The van der Waals surface area contributed by atoms with Gasteiger partial charge >= 0.3 is 6.09 Å². The molecule has 0 aromatic carbocycles. The molecule has 2 fully saturated rings. The summed E-state index contributed by atoms with van der Waals surface area (Å²) >= 11 is 1.74. The van der Waals surface area contributed by atoms with Gasteiger partial charge in [0.05, 0.1) is 12.3 Å². The maximum atomic E-state index is 11.9. The lowest BCUT2D eigenvalue weighted by molar-refractivity contribution is 0.0914. The third kappa shape index (κ3) is 6.87. The Labute approximate surface area is 194 Å². The highest BCUT2D eigenvalue weighted by Gasteiger charge is 2.23. The van der Waals surface area contributed by atoms with E-state index in [0.29, 0.717) is 26.2 Å². The van der Waals surface area contributed by atoms with E-state index in [4.69, 9.17) is 14.7 Å². The van der Waals surface area contributed by atoms with Crippen molar-refractivity contribution in [3.05, 3.63) is 11.1 Å². The zero-order chi connectivity index (χ0) is 19.8. The molecule has 10 heteroatoms. The molecule has 0 atom stereocenters. The number of ether oxygens (including phenoxy) is 1. The van der Waals surface area contributed by atoms with Gasteiger partial charge in [-0.05, 0) is 26.7 Å². The molecule has 164 valence electrons. The van der Waals surface area contributed by atoms with Crippen molar-refractivity contribution < 1.29 is 9.53 Å². The monoisotopic (exact) mass is 536 g/mol. The van der Waals surface area contributed by atoms with Gasteiger partial charge < -0.3 is 24.8 Å². The third-order valence-corrected chi connectivity index (χ3v) is 5.94. The SMILES string of the molecule is CCNC(=NCCc1csc(N2CCCC2)n1)N1CCN(C(=O)OCC)CC1.I. The minimum Gasteiger partial charge on any atom is -0.450 e. The van der Waals surface area contributed by atoms with Crippen molar-refractivity contribution in [2.45, 2.75) is 33.1 Å². The van der Waals surface area contributed by atoms with Crippen LogP contribution in [0, 0.1) is 0 Å². The predicted octanol–water partition coefficient (Wildman–Crippen LogP) is 2.64. The number of halogens is 1. The van der Waals surface area contributed by atoms with Crippen LogP contribution in [-0.2, 0) is 11.2 Å². The van der Waals surface area contributed by atoms with Gasteiger partial charge in [-0.1, -0.05) is 0 Å². The van der Waals surface area contributed by atoms with E-state index < -0.39 is 0 Å². The highest BCUT2D eigenvalue weighted by molar-refractivity contribution is 14.0. The lowest BCUT2D eigenvalue weighted by Gasteiger charge is -2.35. The van der Waals surface area contributed by atoms with E-state index in [1.54, 1.807) is 16.2 Å². The van der Waals surface area contributed by atoms with Gasteiger partial charge in [-0.3, -0.25) is 4.99 Å². The number of nitrogens with one attached hydrogen (secondary N) is 1. The molecule has 0 spiro atoms. The van der Waals surface area contributed by atoms with Gasteiger partial charge in [0, 0.05) is 64.2 Å². The van der Waals surface area contributed by atoms with Crippen LogP contribution in [0.2, 0.25) is 0 Å². The Morgan fingerprint density at radius 2 is 1.86 bits per heavy atom. The van der Waals surface area contributed by atoms with E-state index in [-0.39, 0.29) is 30.1 Å². The second-order valence-electron chi connectivity index (χ2n) is 6.97. The van der Waals surface area contributed by atoms with Crippen LogP contribution in [0.5, 0.6) is 0 Å². The number of thiazole rings is 1. The van der Waals surface area contributed by atoms with Crippen LogP contribution in [-0.4, -0.2) is 85.8 Å². The normalized spacial score (nSPS) is 17.3. The van der Waals surface area contributed by atoms with Gasteiger partial charge in [0.15, 0.2) is 11.1 Å². The molecule has 8 nitrogen and oxygen atoms in total. The average molecular weight is 536 g/mol. The molecule has 1 aromatic heterocycles. The van der Waals surface area contributed by atoms with Crippen molar-refractivity contribution in [2.75, 3.05) is 63.9 Å². The van der Waals surface area contributed by atoms with Crippen LogP contribution in [0.15, 0.2) is 10.4 Å². The summed E-state index contributed by atoms with van der Waals surface area (Å²) in [5, 5.41) is 6.69. The zero-order valence-corrected chi connectivity index (χ0v) is 20.6. The van der Waals surface area contributed by atoms with Crippen LogP contribution in [0.4, 0.5) is 9.93 Å². The van der Waals surface area contributed by atoms with Gasteiger partial charge in [0.2, 0.25) is 0 Å². The first kappa shape index (κ1) is 24.0. The zero-order valence-electron chi connectivity index (χ0n) is 17.4. The minimum absolute atomic E-state index is 0. The van der Waals surface area contributed by atoms with Crippen molar-refractivity contribution in [1.82, 2.24) is 20.1 Å². The van der Waals surface area contributed by atoms with Crippen LogP contribution in [0.25, 0.3) is 0 Å². The van der Waals surface area contributed by atoms with Crippen LogP contribution in [0.3, 0.4) is 0 Å². The highest BCUT2D eigenvalue weighted by Crippen LogP contribution is 2.24. The van der Waals surface area contributed by atoms with Gasteiger partial charge in [-0.2, -0.15) is 0 Å². The fraction of sp³-hybridized carbons (Fsp3) is 0.737. The number of anilines is 1. The molecule has 0 radical (unpaired) electrons. The molecule has 3 heterocycles. The molecule has 2 aliphatic rings. The van der Waals surface area contributed by atoms with Crippen molar-refractivity contribution >= 4 is 52.5 Å². The van der Waals surface area contributed by atoms with Gasteiger partial charge in [0.1, 0.15) is 0 Å². The number of nitrogens with zero attached hydrogens (tertiary/aromatic N) is 5. The number of carbonyl (C=O) groups is 1. The van der Waals surface area contributed by atoms with Gasteiger partial charge in [-0.15, -0.1) is 35.3 Å². The van der Waals surface area contributed by atoms with Gasteiger partial charge in [0.25, 0.3) is 0 Å². The largest absolute Gasteiger partial charge is 0.450 e. The molecule has 1 N–H and O–H groups in total. The first-order chi connectivity index (χ1) is 13.7. The molecule has 0 bridgehead atoms. The van der Waals surface area contributed by atoms with Gasteiger partial charge in [-0.25, -0.2) is 9.78 Å². The molecule has 0 unspecified atom stereocenters. The number of aromatic nitrogens is 1. The van der Waals surface area contributed by atoms with Crippen molar-refractivity contribution in [3.8, 4) is 0 Å². The maximum absolute atomic E-state index is 11.9. The Morgan fingerprint density at radius 1 is 1.17 bits per heavy atom. The molecule has 1 aromatic rings. The van der Waals surface area contributed by atoms with E-state index >= 15 is 0 Å². The third-order valence-electron chi connectivity index (χ3n) is 4.99. The summed E-state index contributed by atoms with van der Waals surface area (Å²) in [6, 6.07) is 0. The Kier molecular flexibility index (Phi) is 10.3. The molecular formula is C19H33IN6O2S. The summed E-state index contributed by atoms with van der Waals surface area (Å²) in [4.78, 5) is 27.8. The minimum atomic E-state index is -0.221. The predicted molar refractivity (Wildman–Crippen MR) is 129 cm³/mol. The van der Waals surface area contributed by atoms with Crippen LogP contribution < -0.4 is 10.2 Å². The average Bonchev–Trinajstić information content (AvgIpc) is 3.39. The van der Waals surface area contributed by atoms with E-state index in [1.807, 2.05) is 6.92 Å². The molecule has 29 heavy (non-hydrogen) atoms. The number of guanidine groups is 1. The van der Waals surface area contributed by atoms with E-state index in [9.17, 15) is 4.79 Å². The Bertz CT molecular complexity index is 657. The molecule has 3 rings (SSSR count). The fourth-order valence-electron chi connectivity index (χ4n) is 3.48. The number of amides is 1. The van der Waals surface area contributed by atoms with Crippen LogP contribution in [0.1, 0.15) is 32.4 Å². The van der Waals surface area contributed by atoms with Crippen molar-refractivity contribution in [1.29, 1.82) is 0 Å². The Hall–Kier alpha value is -1.30. The highest BCUT2D eigenvalue weighted by atomic mass is 127. The maximum Gasteiger partial charge on any atom is 0.409 e. The van der Waals surface area contributed by atoms with Crippen LogP contribution >= 0.6 is 35.3 Å². The number of rotatable bonds is 6. The second-order valence-corrected chi connectivity index (χ2v) is 7.81. The molecule has 1 amide bonds. The number of carbonyl (C=O) groups excluding carboxylic acids is 1. The lowest BCUT2D eigenvalue weighted by atomic mass is 10.3. The second kappa shape index (κ2) is 12.4. The summed E-state index contributed by atoms with van der Waals surface area (Å²) in [5.41, 5.74) is 1.12. The van der Waals surface area contributed by atoms with E-state index in [0.717, 1.165) is 55.9 Å². The number of piperazine rings is 1. The smallest absolute Gasteiger partial charge is 0.409 e. The quantitative estimate of drug-likeness (QED) is 0.343. The summed E-state index contributed by atoms with van der Waals surface area (Å²) < 4.78 is 5.09. The summed E-state index contributed by atoms with van der Waals surface area (Å²) in [7, 11) is 0. The number of hydrogen-bond acceptors (Lipinski definition) is 6. The summed E-state index contributed by atoms with van der Waals surface area (Å²) in [5.74, 6) is 0.918. The molecule has 0 aliphatic carbocycles. The van der Waals surface area contributed by atoms with E-state index in [2.05, 4.69) is 27.4 Å². The Morgan fingerprint density at radius 3 is 2.52 bits per heavy atom. The Balaban J connectivity index is 0.00000300. The molecule has 0 saturated carbocycles. The molecule has 2 saturated heterocycles. The first-order valence-corrected chi connectivity index (χ1v) is 11.2. The number of aliphatic imine (C=N–C) groups is 1. The molecule has 2 aliphatic heterocycles. The standard InChI is InChI=1S/C19H32N6O2S.HI/c1-3-20-17(23-11-13-25(14-12-23)19(26)27-4-2)21-8-7-16-15-28-18(22-16)24-9-5-6-10-24;/h15H,3-14H2,1-2H3,(H,20,21);1H. The summed E-state index contributed by atoms with van der Waals surface area (Å²) in [6.07, 6.45) is 3.17. The van der Waals surface area contributed by atoms with Crippen molar-refractivity contribution in [3.63, 3.8) is 0 Å². The van der Waals surface area contributed by atoms with E-state index in [1.165, 1.54) is 12.8 Å². The lowest BCUT2D eigenvalue weighted by Crippen LogP contribution is -2.54. The fourth-order valence-corrected chi connectivity index (χ4v) is 4.40. The number of hydrogen-bond donors (Lipinski definition) is 1. The molecular weight excluding hydrogens is 503 g/mol. The summed E-state index contributed by atoms with van der Waals surface area (Å²) in [6.45, 7) is 11.0. The van der Waals surface area contributed by atoms with Crippen molar-refractivity contribution in [2.24, 2.45) is 4.99 Å².